The van der Waals surface area contributed by atoms with E-state index >= 15 is 0 Å². The number of aliphatic hydroxyl groups is 2. The highest BCUT2D eigenvalue weighted by atomic mass is 31.2. The van der Waals surface area contributed by atoms with Crippen molar-refractivity contribution in [3.63, 3.8) is 0 Å². The number of rotatable bonds is 66. The molecule has 0 spiro atoms. The van der Waals surface area contributed by atoms with E-state index in [1.807, 2.05) is 18.2 Å². The number of unbranched alkanes of at least 4 members (excludes halogenated alkanes) is 17. The molecule has 0 amide bonds. The van der Waals surface area contributed by atoms with E-state index < -0.39 is 91.5 Å². The third-order valence-electron chi connectivity index (χ3n) is 14.2. The topological polar surface area (TPSA) is 231 Å². The van der Waals surface area contributed by atoms with E-state index in [1.54, 1.807) is 0 Å². The largest absolute Gasteiger partial charge is 0.472 e. The molecule has 5 unspecified atom stereocenters. The molecule has 5 atom stereocenters. The Bertz CT molecular complexity index is 2360. The summed E-state index contributed by atoms with van der Waals surface area (Å²) in [5.41, 5.74) is 0. The minimum atomic E-state index is -4.95. The lowest BCUT2D eigenvalue weighted by molar-refractivity contribution is -0.161. The van der Waals surface area contributed by atoms with Gasteiger partial charge in [0.2, 0.25) is 0 Å². The number of allylic oxidation sites excluding steroid dienone is 26. The molecular weight excluding hydrogens is 1240 g/mol. The van der Waals surface area contributed by atoms with Gasteiger partial charge >= 0.3 is 33.6 Å². The first-order valence-corrected chi connectivity index (χ1v) is 38.8. The Hall–Kier alpha value is -4.83. The van der Waals surface area contributed by atoms with Crippen molar-refractivity contribution >= 4 is 33.6 Å². The Balaban J connectivity index is 4.74. The first-order valence-electron chi connectivity index (χ1n) is 35.8. The Morgan fingerprint density at radius 1 is 0.305 bits per heavy atom. The predicted octanol–water partition coefficient (Wildman–Crippen LogP) is 20.3. The van der Waals surface area contributed by atoms with Gasteiger partial charge in [0, 0.05) is 19.3 Å². The van der Waals surface area contributed by atoms with Crippen molar-refractivity contribution in [3.8, 4) is 0 Å². The molecule has 95 heavy (non-hydrogen) atoms. The molecule has 4 N–H and O–H groups in total. The molecule has 0 aromatic carbocycles. The van der Waals surface area contributed by atoms with E-state index in [-0.39, 0.29) is 19.3 Å². The normalized spacial score (nSPS) is 15.1. The molecule has 16 nitrogen and oxygen atoms in total. The third-order valence-corrected chi connectivity index (χ3v) is 16.1. The fraction of sp³-hybridized carbons (Fsp3) is 0.623. The van der Waals surface area contributed by atoms with Crippen molar-refractivity contribution in [1.29, 1.82) is 0 Å². The lowest BCUT2D eigenvalue weighted by Gasteiger charge is -2.21. The number of hydrogen-bond donors (Lipinski definition) is 4. The van der Waals surface area contributed by atoms with Crippen molar-refractivity contribution in [2.24, 2.45) is 0 Å². The molecule has 0 saturated carbocycles. The van der Waals surface area contributed by atoms with Crippen LogP contribution in [0.4, 0.5) is 0 Å². The number of aliphatic hydroxyl groups excluding tert-OH is 2. The Kier molecular flexibility index (Phi) is 65.6. The highest BCUT2D eigenvalue weighted by Crippen LogP contribution is 2.45. The minimum absolute atomic E-state index is 0.0369. The standard InChI is InChI=1S/C77H126O16P2/c1-4-7-10-13-16-19-22-25-28-31-33-34-35-36-38-41-42-45-48-51-54-57-60-63-75(80)87-66-72(78)67-89-94(83,84)90-68-73(79)69-91-95(85,86)92-71-74(93-77(82)65-62-59-56-53-50-47-44-39-30-27-24-21-18-15-12-9-6-3)70-88-76(81)64-61-58-55-52-49-46-43-40-37-32-29-26-23-20-17-14-11-8-5-2/h8-9,11-12,16-21,25-30,33-34,36-38,40,46,49,55,58,72-74,78-79H,4-7,10,13-15,22-24,31-32,35,39,41-45,47-48,50-54,56-57,59-71H2,1-3H3,(H,83,84)(H,85,86)/b11-8-,12-9-,19-16-,20-17-,21-18-,28-25-,29-26-,30-27-,34-33-,38-36-,40-37-,49-46-,58-55-. The zero-order valence-electron chi connectivity index (χ0n) is 58.5. The maximum Gasteiger partial charge on any atom is 0.472 e. The highest BCUT2D eigenvalue weighted by Gasteiger charge is 2.29. The van der Waals surface area contributed by atoms with Gasteiger partial charge in [-0.25, -0.2) is 9.13 Å². The summed E-state index contributed by atoms with van der Waals surface area (Å²) in [5.74, 6) is -1.71. The molecule has 0 aliphatic heterocycles. The van der Waals surface area contributed by atoms with Gasteiger partial charge in [0.25, 0.3) is 0 Å². The lowest BCUT2D eigenvalue weighted by Crippen LogP contribution is -2.30. The van der Waals surface area contributed by atoms with Gasteiger partial charge in [-0.05, 0) is 135 Å². The maximum atomic E-state index is 12.9. The van der Waals surface area contributed by atoms with E-state index in [0.29, 0.717) is 25.7 Å². The summed E-state index contributed by atoms with van der Waals surface area (Å²) < 4.78 is 60.9. The average molecular weight is 1370 g/mol. The van der Waals surface area contributed by atoms with Gasteiger partial charge in [-0.2, -0.15) is 0 Å². The molecule has 0 bridgehead atoms. The van der Waals surface area contributed by atoms with Crippen molar-refractivity contribution in [2.45, 2.75) is 270 Å². The summed E-state index contributed by atoms with van der Waals surface area (Å²) in [4.78, 5) is 58.5. The summed E-state index contributed by atoms with van der Waals surface area (Å²) in [7, 11) is -9.82. The Labute approximate surface area is 574 Å². The molecule has 0 aromatic heterocycles. The van der Waals surface area contributed by atoms with Gasteiger partial charge in [0.1, 0.15) is 25.4 Å². The fourth-order valence-electron chi connectivity index (χ4n) is 8.83. The number of phosphoric acid groups is 2. The van der Waals surface area contributed by atoms with E-state index in [0.717, 1.165) is 161 Å². The zero-order chi connectivity index (χ0) is 69.5. The van der Waals surface area contributed by atoms with E-state index in [4.69, 9.17) is 32.3 Å². The molecule has 0 fully saturated rings. The van der Waals surface area contributed by atoms with Crippen LogP contribution in [0.3, 0.4) is 0 Å². The minimum Gasteiger partial charge on any atom is -0.463 e. The zero-order valence-corrected chi connectivity index (χ0v) is 60.3. The van der Waals surface area contributed by atoms with Crippen molar-refractivity contribution in [2.75, 3.05) is 39.6 Å². The SMILES string of the molecule is CC/C=C\C/C=C\C/C=C\C/C=C\C/C=C\C/C=C\CCC(=O)OCC(COP(=O)(O)OCC(O)COP(=O)(O)OCC(O)COC(=O)CCCCCCCCC/C=C\C/C=C\C/C=C\C/C=C\CCCCC)OC(=O)CCCCCCCCC/C=C\C/C=C\C/C=C\CC. The molecular formula is C77H126O16P2. The number of esters is 3. The summed E-state index contributed by atoms with van der Waals surface area (Å²) in [5, 5.41) is 20.6. The molecule has 0 rings (SSSR count). The Morgan fingerprint density at radius 3 is 0.947 bits per heavy atom. The Morgan fingerprint density at radius 2 is 0.579 bits per heavy atom. The van der Waals surface area contributed by atoms with E-state index in [9.17, 15) is 43.5 Å². The van der Waals surface area contributed by atoms with Crippen LogP contribution in [-0.2, 0) is 55.8 Å². The van der Waals surface area contributed by atoms with Gasteiger partial charge < -0.3 is 34.2 Å². The highest BCUT2D eigenvalue weighted by molar-refractivity contribution is 7.47. The lowest BCUT2D eigenvalue weighted by atomic mass is 10.1. The van der Waals surface area contributed by atoms with Gasteiger partial charge in [-0.1, -0.05) is 256 Å². The van der Waals surface area contributed by atoms with Gasteiger partial charge in [-0.15, -0.1) is 0 Å². The molecule has 0 saturated heterocycles. The fourth-order valence-corrected chi connectivity index (χ4v) is 10.4. The van der Waals surface area contributed by atoms with Gasteiger partial charge in [0.05, 0.1) is 26.4 Å². The first kappa shape index (κ1) is 90.2. The number of hydrogen-bond acceptors (Lipinski definition) is 14. The third kappa shape index (κ3) is 70.3. The van der Waals surface area contributed by atoms with Crippen molar-refractivity contribution in [1.82, 2.24) is 0 Å². The number of ether oxygens (including phenoxy) is 3. The van der Waals surface area contributed by atoms with Gasteiger partial charge in [-0.3, -0.25) is 32.5 Å². The van der Waals surface area contributed by atoms with Crippen LogP contribution < -0.4 is 0 Å². The summed E-state index contributed by atoms with van der Waals surface area (Å²) in [6.07, 6.45) is 84.4. The number of carbonyl (C=O) groups is 3. The summed E-state index contributed by atoms with van der Waals surface area (Å²) >= 11 is 0. The van der Waals surface area contributed by atoms with Crippen LogP contribution in [0.2, 0.25) is 0 Å². The van der Waals surface area contributed by atoms with Crippen molar-refractivity contribution < 1.29 is 75.8 Å². The average Bonchev–Trinajstić information content (AvgIpc) is 2.35. The van der Waals surface area contributed by atoms with Crippen LogP contribution in [0, 0.1) is 0 Å². The smallest absolute Gasteiger partial charge is 0.463 e. The number of carbonyl (C=O) groups excluding carboxylic acids is 3. The van der Waals surface area contributed by atoms with E-state index in [1.165, 1.54) is 25.7 Å². The van der Waals surface area contributed by atoms with Crippen LogP contribution >= 0.6 is 15.6 Å². The number of phosphoric ester groups is 2. The van der Waals surface area contributed by atoms with E-state index in [2.05, 4.69) is 161 Å². The second kappa shape index (κ2) is 69.1. The molecule has 0 aliphatic carbocycles. The van der Waals surface area contributed by atoms with Crippen LogP contribution in [-0.4, -0.2) is 95.9 Å². The second-order valence-corrected chi connectivity index (χ2v) is 26.2. The molecule has 0 radical (unpaired) electrons. The molecule has 540 valence electrons. The maximum absolute atomic E-state index is 12.9. The molecule has 18 heteroatoms. The first-order chi connectivity index (χ1) is 46.2. The van der Waals surface area contributed by atoms with Crippen LogP contribution in [0.15, 0.2) is 158 Å². The monoisotopic (exact) mass is 1370 g/mol. The van der Waals surface area contributed by atoms with Crippen LogP contribution in [0.25, 0.3) is 0 Å². The van der Waals surface area contributed by atoms with Gasteiger partial charge in [0.15, 0.2) is 6.10 Å². The summed E-state index contributed by atoms with van der Waals surface area (Å²) in [6, 6.07) is 0. The second-order valence-electron chi connectivity index (χ2n) is 23.3. The van der Waals surface area contributed by atoms with Crippen molar-refractivity contribution in [3.05, 3.63) is 158 Å². The molecule has 0 aliphatic rings. The van der Waals surface area contributed by atoms with Crippen LogP contribution in [0.1, 0.15) is 252 Å². The molecule has 0 heterocycles. The van der Waals surface area contributed by atoms with Crippen LogP contribution in [0.5, 0.6) is 0 Å². The quantitative estimate of drug-likeness (QED) is 0.0146. The molecule has 0 aromatic rings. The summed E-state index contributed by atoms with van der Waals surface area (Å²) in [6.45, 7) is 2.28. The predicted molar refractivity (Wildman–Crippen MR) is 389 cm³/mol.